The summed E-state index contributed by atoms with van der Waals surface area (Å²) in [5.74, 6) is -0.452. The second-order valence-electron chi connectivity index (χ2n) is 4.28. The van der Waals surface area contributed by atoms with Crippen molar-refractivity contribution in [1.82, 2.24) is 0 Å². The van der Waals surface area contributed by atoms with Crippen molar-refractivity contribution in [2.75, 3.05) is 6.61 Å². The highest BCUT2D eigenvalue weighted by atomic mass is 16.6. The maximum absolute atomic E-state index is 11.9. The first kappa shape index (κ1) is 14.2. The summed E-state index contributed by atoms with van der Waals surface area (Å²) in [5, 5.41) is 9.57. The van der Waals surface area contributed by atoms with Crippen molar-refractivity contribution in [1.29, 1.82) is 0 Å². The number of hydrogen-bond acceptors (Lipinski definition) is 3. The summed E-state index contributed by atoms with van der Waals surface area (Å²) in [6, 6.07) is 16.9. The Labute approximate surface area is 118 Å². The largest absolute Gasteiger partial charge is 0.362 e. The van der Waals surface area contributed by atoms with E-state index < -0.39 is 12.1 Å². The number of aliphatic hydroxyl groups excluding tert-OH is 1. The molecule has 20 heavy (non-hydrogen) atoms. The van der Waals surface area contributed by atoms with Crippen LogP contribution in [0.2, 0.25) is 0 Å². The fourth-order valence-electron chi connectivity index (χ4n) is 1.83. The molecule has 0 heterocycles. The second-order valence-corrected chi connectivity index (χ2v) is 4.28. The number of ether oxygens (including phenoxy) is 1. The van der Waals surface area contributed by atoms with Crippen LogP contribution >= 0.6 is 0 Å². The van der Waals surface area contributed by atoms with E-state index in [1.165, 1.54) is 6.08 Å². The fourth-order valence-corrected chi connectivity index (χ4v) is 1.83. The zero-order valence-corrected chi connectivity index (χ0v) is 11.0. The molecule has 102 valence electrons. The van der Waals surface area contributed by atoms with E-state index in [1.807, 2.05) is 42.5 Å². The molecule has 0 radical (unpaired) electrons. The minimum Gasteiger partial charge on any atom is -0.362 e. The summed E-state index contributed by atoms with van der Waals surface area (Å²) in [6.07, 6.45) is 0.0326. The van der Waals surface area contributed by atoms with Crippen LogP contribution in [0.3, 0.4) is 0 Å². The summed E-state index contributed by atoms with van der Waals surface area (Å²) in [4.78, 5) is 11.9. The van der Waals surface area contributed by atoms with Crippen LogP contribution in [0.5, 0.6) is 0 Å². The fraction of sp³-hybridized carbons (Fsp3) is 0.118. The molecule has 2 aromatic carbocycles. The summed E-state index contributed by atoms with van der Waals surface area (Å²) in [5.41, 5.74) is 2.51. The van der Waals surface area contributed by atoms with Gasteiger partial charge in [-0.25, -0.2) is 0 Å². The summed E-state index contributed by atoms with van der Waals surface area (Å²) < 4.78 is 4.91. The van der Waals surface area contributed by atoms with Gasteiger partial charge in [0.25, 0.3) is 0 Å². The molecule has 0 aliphatic carbocycles. The highest BCUT2D eigenvalue weighted by molar-refractivity contribution is 5.98. The normalized spacial score (nSPS) is 11.8. The second kappa shape index (κ2) is 6.80. The third kappa shape index (κ3) is 3.41. The molecule has 0 spiro atoms. The van der Waals surface area contributed by atoms with Gasteiger partial charge in [0.15, 0.2) is 0 Å². The lowest BCUT2D eigenvalue weighted by Gasteiger charge is -2.10. The van der Waals surface area contributed by atoms with Crippen molar-refractivity contribution in [3.8, 4) is 11.1 Å². The smallest absolute Gasteiger partial charge is 0.220 e. The van der Waals surface area contributed by atoms with Crippen LogP contribution in [0.25, 0.3) is 11.1 Å². The molecule has 0 aromatic heterocycles. The highest BCUT2D eigenvalue weighted by Crippen LogP contribution is 2.19. The van der Waals surface area contributed by atoms with Crippen molar-refractivity contribution < 1.29 is 14.6 Å². The molecule has 0 amide bonds. The van der Waals surface area contributed by atoms with E-state index in [9.17, 15) is 9.90 Å². The van der Waals surface area contributed by atoms with Gasteiger partial charge in [-0.1, -0.05) is 60.7 Å². The predicted molar refractivity (Wildman–Crippen MR) is 78.4 cm³/mol. The Morgan fingerprint density at radius 2 is 1.70 bits per heavy atom. The maximum atomic E-state index is 11.9. The van der Waals surface area contributed by atoms with Crippen molar-refractivity contribution in [3.63, 3.8) is 0 Å². The summed E-state index contributed by atoms with van der Waals surface area (Å²) >= 11 is 0. The van der Waals surface area contributed by atoms with Gasteiger partial charge in [0, 0.05) is 5.56 Å². The quantitative estimate of drug-likeness (QED) is 0.497. The Hall–Kier alpha value is -2.23. The number of ketones is 1. The van der Waals surface area contributed by atoms with E-state index in [0.717, 1.165) is 11.1 Å². The molecule has 3 nitrogen and oxygen atoms in total. The number of hydrogen-bond donors (Lipinski definition) is 1. The number of benzene rings is 2. The van der Waals surface area contributed by atoms with Crippen LogP contribution in [-0.4, -0.2) is 23.8 Å². The number of aliphatic hydroxyl groups is 1. The first-order valence-corrected chi connectivity index (χ1v) is 6.32. The summed E-state index contributed by atoms with van der Waals surface area (Å²) in [6.45, 7) is 3.60. The van der Waals surface area contributed by atoms with Crippen molar-refractivity contribution >= 4 is 5.78 Å². The first-order valence-electron chi connectivity index (χ1n) is 6.32. The standard InChI is InChI=1S/C17H16O3/c1-2-12-20-17(19)16(18)15-10-8-14(9-11-15)13-6-4-3-5-7-13/h2-11,17,19H,1,12H2/t17-/m1/s1. The molecular weight excluding hydrogens is 252 g/mol. The van der Waals surface area contributed by atoms with E-state index in [4.69, 9.17) is 4.74 Å². The third-order valence-corrected chi connectivity index (χ3v) is 2.87. The molecule has 1 N–H and O–H groups in total. The lowest BCUT2D eigenvalue weighted by Crippen LogP contribution is -2.23. The Morgan fingerprint density at radius 3 is 2.30 bits per heavy atom. The SMILES string of the molecule is C=CCO[C@@H](O)C(=O)c1ccc(-c2ccccc2)cc1. The molecule has 2 rings (SSSR count). The molecule has 0 saturated heterocycles. The van der Waals surface area contributed by atoms with Gasteiger partial charge in [0.05, 0.1) is 6.61 Å². The van der Waals surface area contributed by atoms with E-state index in [2.05, 4.69) is 6.58 Å². The number of Topliss-reactive ketones (excluding diaryl/α,β-unsaturated/α-hetero) is 1. The molecule has 0 unspecified atom stereocenters. The molecule has 0 fully saturated rings. The molecule has 0 aliphatic rings. The van der Waals surface area contributed by atoms with Gasteiger partial charge >= 0.3 is 0 Å². The molecule has 0 aliphatic heterocycles. The van der Waals surface area contributed by atoms with Gasteiger partial charge < -0.3 is 9.84 Å². The van der Waals surface area contributed by atoms with Gasteiger partial charge in [-0.15, -0.1) is 6.58 Å². The average Bonchev–Trinajstić information content (AvgIpc) is 2.53. The van der Waals surface area contributed by atoms with E-state index in [-0.39, 0.29) is 6.61 Å². The zero-order valence-electron chi connectivity index (χ0n) is 11.0. The molecule has 0 bridgehead atoms. The molecule has 2 aromatic rings. The van der Waals surface area contributed by atoms with Crippen LogP contribution in [-0.2, 0) is 4.74 Å². The van der Waals surface area contributed by atoms with E-state index in [0.29, 0.717) is 5.56 Å². The van der Waals surface area contributed by atoms with Crippen LogP contribution in [0.15, 0.2) is 67.3 Å². The minimum absolute atomic E-state index is 0.134. The molecule has 1 atom stereocenters. The van der Waals surface area contributed by atoms with Gasteiger partial charge in [-0.3, -0.25) is 4.79 Å². The zero-order chi connectivity index (χ0) is 14.4. The van der Waals surface area contributed by atoms with Crippen LogP contribution in [0.4, 0.5) is 0 Å². The number of carbonyl (C=O) groups is 1. The summed E-state index contributed by atoms with van der Waals surface area (Å²) in [7, 11) is 0. The van der Waals surface area contributed by atoms with Crippen molar-refractivity contribution in [2.45, 2.75) is 6.29 Å². The lowest BCUT2D eigenvalue weighted by molar-refractivity contribution is -0.0619. The van der Waals surface area contributed by atoms with E-state index >= 15 is 0 Å². The maximum Gasteiger partial charge on any atom is 0.220 e. The van der Waals surface area contributed by atoms with Crippen LogP contribution < -0.4 is 0 Å². The number of carbonyl (C=O) groups excluding carboxylic acids is 1. The molecule has 3 heteroatoms. The van der Waals surface area contributed by atoms with Gasteiger partial charge in [0.2, 0.25) is 12.1 Å². The van der Waals surface area contributed by atoms with Crippen molar-refractivity contribution in [3.05, 3.63) is 72.8 Å². The Bertz CT molecular complexity index is 573. The average molecular weight is 268 g/mol. The lowest BCUT2D eigenvalue weighted by atomic mass is 10.0. The monoisotopic (exact) mass is 268 g/mol. The third-order valence-electron chi connectivity index (χ3n) is 2.87. The van der Waals surface area contributed by atoms with Gasteiger partial charge in [-0.2, -0.15) is 0 Å². The predicted octanol–water partition coefficient (Wildman–Crippen LogP) is 3.06. The van der Waals surface area contributed by atoms with Crippen LogP contribution in [0, 0.1) is 0 Å². The minimum atomic E-state index is -1.45. The molecular formula is C17H16O3. The first-order chi connectivity index (χ1) is 9.72. The Morgan fingerprint density at radius 1 is 1.10 bits per heavy atom. The molecule has 0 saturated carbocycles. The van der Waals surface area contributed by atoms with E-state index in [1.54, 1.807) is 12.1 Å². The Balaban J connectivity index is 2.12. The van der Waals surface area contributed by atoms with Gasteiger partial charge in [-0.05, 0) is 11.1 Å². The van der Waals surface area contributed by atoms with Crippen LogP contribution in [0.1, 0.15) is 10.4 Å². The van der Waals surface area contributed by atoms with Gasteiger partial charge in [0.1, 0.15) is 0 Å². The van der Waals surface area contributed by atoms with Crippen molar-refractivity contribution in [2.24, 2.45) is 0 Å². The Kier molecular flexibility index (Phi) is 4.82. The number of rotatable bonds is 6. The highest BCUT2D eigenvalue weighted by Gasteiger charge is 2.17. The topological polar surface area (TPSA) is 46.5 Å².